The van der Waals surface area contributed by atoms with Crippen molar-refractivity contribution in [2.24, 2.45) is 0 Å². The number of amides is 1. The molecular formula is C74H141N2O7P. The number of carbonyl (C=O) groups excluding carboxylic acids is 2. The fourth-order valence-electron chi connectivity index (χ4n) is 10.8. The number of esters is 1. The summed E-state index contributed by atoms with van der Waals surface area (Å²) in [6, 6.07) is -0.888. The second-order valence-electron chi connectivity index (χ2n) is 26.1. The van der Waals surface area contributed by atoms with Crippen LogP contribution in [0, 0.1) is 0 Å². The first-order valence-corrected chi connectivity index (χ1v) is 37.9. The molecule has 3 unspecified atom stereocenters. The van der Waals surface area contributed by atoms with Crippen molar-refractivity contribution < 1.29 is 37.3 Å². The average Bonchev–Trinajstić information content (AvgIpc) is 3.64. The fourth-order valence-corrected chi connectivity index (χ4v) is 11.6. The van der Waals surface area contributed by atoms with E-state index in [1.54, 1.807) is 0 Å². The number of carbonyl (C=O) groups is 2. The summed E-state index contributed by atoms with van der Waals surface area (Å²) in [5.41, 5.74) is 0. The molecule has 84 heavy (non-hydrogen) atoms. The third-order valence-corrected chi connectivity index (χ3v) is 17.4. The van der Waals surface area contributed by atoms with Gasteiger partial charge in [-0.05, 0) is 89.5 Å². The molecule has 0 bridgehead atoms. The molecule has 1 N–H and O–H groups in total. The number of quaternary nitrogens is 1. The molecule has 0 spiro atoms. The van der Waals surface area contributed by atoms with Gasteiger partial charge in [0.25, 0.3) is 7.82 Å². The van der Waals surface area contributed by atoms with Crippen LogP contribution in [0.4, 0.5) is 0 Å². The van der Waals surface area contributed by atoms with E-state index < -0.39 is 20.0 Å². The van der Waals surface area contributed by atoms with Crippen molar-refractivity contribution in [2.75, 3.05) is 40.9 Å². The van der Waals surface area contributed by atoms with Crippen LogP contribution in [-0.4, -0.2) is 69.4 Å². The Balaban J connectivity index is 4.98. The monoisotopic (exact) mass is 1200 g/mol. The molecule has 0 aliphatic heterocycles. The number of ether oxygens (including phenoxy) is 1. The standard InChI is InChI=1S/C74H141N2O7P/c1-7-10-13-16-19-22-25-28-30-32-34-35-36-37-38-39-40-41-43-44-46-48-51-54-57-60-63-66-73(77)75-71(70-82-84(79,80)81-69-68-76(4,5)6)72(65-62-59-56-53-50-27-24-21-18-15-12-9-3)83-74(78)67-64-61-58-55-52-49-47-45-42-33-31-29-26-23-20-17-14-11-8-2/h19,22,28-31,62,65,71-72H,7-18,20-21,23-27,32-61,63-64,66-70H2,1-6H3,(H-,75,77,79,80)/b22-19-,30-28-,31-29+,65-62-. The Kier molecular flexibility index (Phi) is 62.4. The summed E-state index contributed by atoms with van der Waals surface area (Å²) in [7, 11) is 1.20. The van der Waals surface area contributed by atoms with Gasteiger partial charge in [0.05, 0.1) is 33.8 Å². The van der Waals surface area contributed by atoms with E-state index in [1.807, 2.05) is 33.3 Å². The highest BCUT2D eigenvalue weighted by Gasteiger charge is 2.27. The van der Waals surface area contributed by atoms with E-state index in [2.05, 4.69) is 62.5 Å². The highest BCUT2D eigenvalue weighted by atomic mass is 31.2. The molecule has 0 saturated heterocycles. The number of phosphoric acid groups is 1. The van der Waals surface area contributed by atoms with Crippen molar-refractivity contribution in [1.82, 2.24) is 5.32 Å². The van der Waals surface area contributed by atoms with Gasteiger partial charge in [-0.25, -0.2) is 0 Å². The van der Waals surface area contributed by atoms with Crippen molar-refractivity contribution in [3.63, 3.8) is 0 Å². The first kappa shape index (κ1) is 82.0. The topological polar surface area (TPSA) is 114 Å². The lowest BCUT2D eigenvalue weighted by atomic mass is 10.0. The zero-order valence-corrected chi connectivity index (χ0v) is 57.5. The van der Waals surface area contributed by atoms with Crippen LogP contribution in [0.5, 0.6) is 0 Å². The summed E-state index contributed by atoms with van der Waals surface area (Å²) in [5.74, 6) is -0.526. The normalized spacial score (nSPS) is 13.8. The molecule has 0 heterocycles. The van der Waals surface area contributed by atoms with Crippen LogP contribution in [0.15, 0.2) is 48.6 Å². The van der Waals surface area contributed by atoms with Gasteiger partial charge < -0.3 is 28.5 Å². The molecule has 0 aromatic rings. The van der Waals surface area contributed by atoms with Gasteiger partial charge in [-0.2, -0.15) is 0 Å². The van der Waals surface area contributed by atoms with Crippen molar-refractivity contribution in [2.45, 2.75) is 373 Å². The largest absolute Gasteiger partial charge is 0.756 e. The number of likely N-dealkylation sites (N-methyl/N-ethyl adjacent to an activating group) is 1. The van der Waals surface area contributed by atoms with E-state index in [1.165, 1.54) is 263 Å². The van der Waals surface area contributed by atoms with E-state index in [9.17, 15) is 19.0 Å². The van der Waals surface area contributed by atoms with Gasteiger partial charge in [-0.1, -0.05) is 307 Å². The van der Waals surface area contributed by atoms with Crippen LogP contribution in [0.25, 0.3) is 0 Å². The number of rotatable bonds is 67. The number of allylic oxidation sites excluding steroid dienone is 7. The second-order valence-corrected chi connectivity index (χ2v) is 27.5. The van der Waals surface area contributed by atoms with Crippen LogP contribution < -0.4 is 10.2 Å². The minimum atomic E-state index is -4.70. The van der Waals surface area contributed by atoms with Crippen LogP contribution >= 0.6 is 7.82 Å². The Morgan fingerprint density at radius 3 is 1.11 bits per heavy atom. The molecular weight excluding hydrogens is 1060 g/mol. The first-order chi connectivity index (χ1) is 40.9. The summed E-state index contributed by atoms with van der Waals surface area (Å²) in [5, 5.41) is 3.05. The second kappa shape index (κ2) is 64.0. The lowest BCUT2D eigenvalue weighted by Crippen LogP contribution is -2.47. The molecule has 0 aromatic carbocycles. The number of hydrogen-bond acceptors (Lipinski definition) is 7. The minimum absolute atomic E-state index is 0.0207. The fraction of sp³-hybridized carbons (Fsp3) is 0.865. The van der Waals surface area contributed by atoms with Crippen LogP contribution in [0.2, 0.25) is 0 Å². The number of hydrogen-bond donors (Lipinski definition) is 1. The van der Waals surface area contributed by atoms with Gasteiger partial charge in [0.15, 0.2) is 0 Å². The van der Waals surface area contributed by atoms with Crippen LogP contribution in [0.3, 0.4) is 0 Å². The van der Waals surface area contributed by atoms with Crippen molar-refractivity contribution in [3.05, 3.63) is 48.6 Å². The van der Waals surface area contributed by atoms with E-state index in [0.29, 0.717) is 17.4 Å². The maximum atomic E-state index is 13.6. The third kappa shape index (κ3) is 64.4. The molecule has 494 valence electrons. The first-order valence-electron chi connectivity index (χ1n) is 36.4. The Labute approximate surface area is 522 Å². The molecule has 0 rings (SSSR count). The van der Waals surface area contributed by atoms with Gasteiger partial charge in [0.2, 0.25) is 5.91 Å². The maximum Gasteiger partial charge on any atom is 0.306 e. The summed E-state index contributed by atoms with van der Waals surface area (Å²) in [6.07, 6.45) is 80.9. The molecule has 0 fully saturated rings. The smallest absolute Gasteiger partial charge is 0.306 e. The molecule has 0 saturated carbocycles. The van der Waals surface area contributed by atoms with E-state index in [0.717, 1.165) is 64.2 Å². The Bertz CT molecular complexity index is 1570. The Morgan fingerprint density at radius 1 is 0.417 bits per heavy atom. The van der Waals surface area contributed by atoms with Crippen molar-refractivity contribution >= 4 is 19.7 Å². The van der Waals surface area contributed by atoms with E-state index >= 15 is 0 Å². The quantitative estimate of drug-likeness (QED) is 0.0212. The van der Waals surface area contributed by atoms with Gasteiger partial charge in [-0.15, -0.1) is 0 Å². The number of nitrogens with zero attached hydrogens (tertiary/aromatic N) is 1. The molecule has 9 nitrogen and oxygen atoms in total. The molecule has 3 atom stereocenters. The lowest BCUT2D eigenvalue weighted by Gasteiger charge is -2.30. The zero-order valence-electron chi connectivity index (χ0n) is 56.6. The zero-order chi connectivity index (χ0) is 61.4. The van der Waals surface area contributed by atoms with E-state index in [-0.39, 0.29) is 31.5 Å². The van der Waals surface area contributed by atoms with Gasteiger partial charge in [0, 0.05) is 12.8 Å². The number of nitrogens with one attached hydrogen (secondary N) is 1. The lowest BCUT2D eigenvalue weighted by molar-refractivity contribution is -0.870. The van der Waals surface area contributed by atoms with Gasteiger partial charge >= 0.3 is 5.97 Å². The number of unbranched alkanes of at least 4 members (excludes halogenated alkanes) is 45. The summed E-state index contributed by atoms with van der Waals surface area (Å²) in [6.45, 7) is 6.87. The number of phosphoric ester groups is 1. The highest BCUT2D eigenvalue weighted by Crippen LogP contribution is 2.38. The molecule has 0 aromatic heterocycles. The Morgan fingerprint density at radius 2 is 0.726 bits per heavy atom. The maximum absolute atomic E-state index is 13.6. The third-order valence-electron chi connectivity index (χ3n) is 16.5. The molecule has 0 aliphatic rings. The highest BCUT2D eigenvalue weighted by molar-refractivity contribution is 7.45. The van der Waals surface area contributed by atoms with Crippen LogP contribution in [0.1, 0.15) is 361 Å². The summed E-state index contributed by atoms with van der Waals surface area (Å²) < 4.78 is 30.5. The van der Waals surface area contributed by atoms with Crippen molar-refractivity contribution in [1.29, 1.82) is 0 Å². The molecule has 10 heteroatoms. The summed E-state index contributed by atoms with van der Waals surface area (Å²) >= 11 is 0. The Hall–Kier alpha value is -2.03. The summed E-state index contributed by atoms with van der Waals surface area (Å²) in [4.78, 5) is 40.2. The minimum Gasteiger partial charge on any atom is -0.756 e. The van der Waals surface area contributed by atoms with E-state index in [4.69, 9.17) is 13.8 Å². The van der Waals surface area contributed by atoms with Gasteiger partial charge in [-0.3, -0.25) is 14.2 Å². The molecule has 1 amide bonds. The average molecular weight is 1200 g/mol. The SMILES string of the molecule is CCCCC/C=C\C/C=C\CCCCCCCCCCCCCCCCCCCC(=O)NC(COP(=O)([O-])OCC[N+](C)(C)C)C(/C=C\CCCCCCCCCCCC)OC(=O)CCCCCCCCCCC/C=C/CCCCCCCC. The predicted octanol–water partition coefficient (Wildman–Crippen LogP) is 22.6. The molecule has 0 radical (unpaired) electrons. The van der Waals surface area contributed by atoms with Crippen LogP contribution in [-0.2, 0) is 27.9 Å². The predicted molar refractivity (Wildman–Crippen MR) is 363 cm³/mol. The van der Waals surface area contributed by atoms with Gasteiger partial charge in [0.1, 0.15) is 19.3 Å². The molecule has 0 aliphatic carbocycles. The van der Waals surface area contributed by atoms with Crippen molar-refractivity contribution in [3.8, 4) is 0 Å².